The number of anilines is 1. The average molecular weight is 396 g/mol. The molecular weight excluding hydrogens is 376 g/mol. The van der Waals surface area contributed by atoms with E-state index in [0.717, 1.165) is 23.1 Å². The third kappa shape index (κ3) is 4.89. The van der Waals surface area contributed by atoms with Gasteiger partial charge in [0.25, 0.3) is 5.91 Å². The normalized spacial score (nSPS) is 10.9. The van der Waals surface area contributed by atoms with Crippen LogP contribution in [0.25, 0.3) is 11.1 Å². The Hall–Kier alpha value is -3.32. The Morgan fingerprint density at radius 1 is 0.857 bits per heavy atom. The lowest BCUT2D eigenvalue weighted by atomic mass is 10.0. The van der Waals surface area contributed by atoms with Gasteiger partial charge in [-0.15, -0.1) is 0 Å². The monoisotopic (exact) mass is 396 g/mol. The van der Waals surface area contributed by atoms with Gasteiger partial charge in [-0.05, 0) is 47.5 Å². The molecule has 0 aliphatic heterocycles. The second kappa shape index (κ2) is 8.14. The van der Waals surface area contributed by atoms with Crippen molar-refractivity contribution in [3.63, 3.8) is 0 Å². The summed E-state index contributed by atoms with van der Waals surface area (Å²) in [6.07, 6.45) is 1.04. The quantitative estimate of drug-likeness (QED) is 0.662. The van der Waals surface area contributed by atoms with Crippen molar-refractivity contribution < 1.29 is 17.9 Å². The predicted octanol–water partition coefficient (Wildman–Crippen LogP) is 3.88. The van der Waals surface area contributed by atoms with Crippen LogP contribution in [0.2, 0.25) is 0 Å². The van der Waals surface area contributed by atoms with Crippen LogP contribution < -0.4 is 14.8 Å². The van der Waals surface area contributed by atoms with Crippen LogP contribution in [-0.4, -0.2) is 27.6 Å². The molecule has 0 atom stereocenters. The van der Waals surface area contributed by atoms with Crippen molar-refractivity contribution in [2.24, 2.45) is 0 Å². The summed E-state index contributed by atoms with van der Waals surface area (Å²) in [6, 6.07) is 21.9. The van der Waals surface area contributed by atoms with Crippen molar-refractivity contribution in [2.45, 2.75) is 0 Å². The molecule has 6 nitrogen and oxygen atoms in total. The highest BCUT2D eigenvalue weighted by Gasteiger charge is 2.14. The highest BCUT2D eigenvalue weighted by Crippen LogP contribution is 2.29. The maximum absolute atomic E-state index is 12.2. The maximum atomic E-state index is 12.2. The van der Waals surface area contributed by atoms with Gasteiger partial charge < -0.3 is 10.1 Å². The number of hydrogen-bond acceptors (Lipinski definition) is 4. The van der Waals surface area contributed by atoms with Crippen molar-refractivity contribution in [2.75, 3.05) is 18.0 Å². The smallest absolute Gasteiger partial charge is 0.253 e. The maximum Gasteiger partial charge on any atom is 0.253 e. The first-order valence-electron chi connectivity index (χ1n) is 8.53. The van der Waals surface area contributed by atoms with Gasteiger partial charge in [-0.25, -0.2) is 8.42 Å². The van der Waals surface area contributed by atoms with Crippen molar-refractivity contribution in [3.8, 4) is 22.6 Å². The standard InChI is InChI=1S/C21H20N2O4S/c1-22-21(24)19-14-16(10-13-20(19)23-28(2,25)26)15-8-11-18(12-9-15)27-17-6-4-3-5-7-17/h3-14,23H,1-2H3,(H,22,24). The number of carbonyl (C=O) groups excluding carboxylic acids is 1. The molecule has 0 bridgehead atoms. The Balaban J connectivity index is 1.89. The Kier molecular flexibility index (Phi) is 5.65. The fourth-order valence-corrected chi connectivity index (χ4v) is 3.25. The highest BCUT2D eigenvalue weighted by atomic mass is 32.2. The first kappa shape index (κ1) is 19.4. The molecule has 0 aliphatic carbocycles. The van der Waals surface area contributed by atoms with Crippen molar-refractivity contribution in [1.82, 2.24) is 5.32 Å². The third-order valence-electron chi connectivity index (χ3n) is 3.95. The number of rotatable bonds is 6. The number of hydrogen-bond donors (Lipinski definition) is 2. The van der Waals surface area contributed by atoms with E-state index in [0.29, 0.717) is 5.75 Å². The average Bonchev–Trinajstić information content (AvgIpc) is 2.68. The molecule has 3 aromatic carbocycles. The molecule has 0 spiro atoms. The van der Waals surface area contributed by atoms with Crippen molar-refractivity contribution in [1.29, 1.82) is 0 Å². The minimum Gasteiger partial charge on any atom is -0.457 e. The number of benzene rings is 3. The van der Waals surface area contributed by atoms with Crippen LogP contribution in [0.15, 0.2) is 72.8 Å². The molecule has 144 valence electrons. The summed E-state index contributed by atoms with van der Waals surface area (Å²) in [6.45, 7) is 0. The first-order valence-corrected chi connectivity index (χ1v) is 10.4. The fourth-order valence-electron chi connectivity index (χ4n) is 2.68. The summed E-state index contributed by atoms with van der Waals surface area (Å²) >= 11 is 0. The van der Waals surface area contributed by atoms with Crippen LogP contribution in [0, 0.1) is 0 Å². The zero-order chi connectivity index (χ0) is 20.1. The van der Waals surface area contributed by atoms with Gasteiger partial charge in [0.05, 0.1) is 17.5 Å². The molecule has 0 aromatic heterocycles. The van der Waals surface area contributed by atoms with E-state index in [1.54, 1.807) is 18.2 Å². The van der Waals surface area contributed by atoms with E-state index in [4.69, 9.17) is 4.74 Å². The van der Waals surface area contributed by atoms with Crippen LogP contribution in [0.5, 0.6) is 11.5 Å². The summed E-state index contributed by atoms with van der Waals surface area (Å²) < 4.78 is 31.3. The molecule has 0 saturated heterocycles. The molecule has 0 unspecified atom stereocenters. The van der Waals surface area contributed by atoms with Crippen LogP contribution >= 0.6 is 0 Å². The Labute approximate surface area is 164 Å². The lowest BCUT2D eigenvalue weighted by Crippen LogP contribution is -2.21. The number of para-hydroxylation sites is 1. The van der Waals surface area contributed by atoms with Gasteiger partial charge in [0.1, 0.15) is 11.5 Å². The first-order chi connectivity index (χ1) is 13.4. The molecular formula is C21H20N2O4S. The third-order valence-corrected chi connectivity index (χ3v) is 4.54. The predicted molar refractivity (Wildman–Crippen MR) is 110 cm³/mol. The van der Waals surface area contributed by atoms with Crippen LogP contribution in [0.3, 0.4) is 0 Å². The Bertz CT molecular complexity index is 1080. The molecule has 7 heteroatoms. The molecule has 28 heavy (non-hydrogen) atoms. The summed E-state index contributed by atoms with van der Waals surface area (Å²) in [5.41, 5.74) is 2.13. The summed E-state index contributed by atoms with van der Waals surface area (Å²) in [5, 5.41) is 2.53. The topological polar surface area (TPSA) is 84.5 Å². The van der Waals surface area contributed by atoms with E-state index in [-0.39, 0.29) is 17.2 Å². The molecule has 0 fully saturated rings. The van der Waals surface area contributed by atoms with E-state index in [2.05, 4.69) is 10.0 Å². The van der Waals surface area contributed by atoms with Crippen molar-refractivity contribution in [3.05, 3.63) is 78.4 Å². The largest absolute Gasteiger partial charge is 0.457 e. The number of nitrogens with one attached hydrogen (secondary N) is 2. The number of ether oxygens (including phenoxy) is 1. The zero-order valence-electron chi connectivity index (χ0n) is 15.5. The van der Waals surface area contributed by atoms with Gasteiger partial charge in [0.15, 0.2) is 0 Å². The molecule has 0 aliphatic rings. The van der Waals surface area contributed by atoms with Gasteiger partial charge in [-0.3, -0.25) is 9.52 Å². The van der Waals surface area contributed by atoms with Gasteiger partial charge in [0, 0.05) is 7.05 Å². The lowest BCUT2D eigenvalue weighted by Gasteiger charge is -2.12. The molecule has 0 radical (unpaired) electrons. The molecule has 3 rings (SSSR count). The molecule has 0 heterocycles. The van der Waals surface area contributed by atoms with Crippen LogP contribution in [0.1, 0.15) is 10.4 Å². The Morgan fingerprint density at radius 3 is 2.07 bits per heavy atom. The number of carbonyl (C=O) groups is 1. The summed E-state index contributed by atoms with van der Waals surface area (Å²) in [7, 11) is -2.01. The van der Waals surface area contributed by atoms with Gasteiger partial charge in [-0.2, -0.15) is 0 Å². The SMILES string of the molecule is CNC(=O)c1cc(-c2ccc(Oc3ccccc3)cc2)ccc1NS(C)(=O)=O. The number of amides is 1. The second-order valence-electron chi connectivity index (χ2n) is 6.15. The van der Waals surface area contributed by atoms with Crippen LogP contribution in [-0.2, 0) is 10.0 Å². The lowest BCUT2D eigenvalue weighted by molar-refractivity contribution is 0.0964. The van der Waals surface area contributed by atoms with E-state index >= 15 is 0 Å². The second-order valence-corrected chi connectivity index (χ2v) is 7.90. The number of sulfonamides is 1. The minimum absolute atomic E-state index is 0.231. The molecule has 0 saturated carbocycles. The highest BCUT2D eigenvalue weighted by molar-refractivity contribution is 7.92. The van der Waals surface area contributed by atoms with E-state index in [1.807, 2.05) is 54.6 Å². The van der Waals surface area contributed by atoms with Gasteiger partial charge >= 0.3 is 0 Å². The molecule has 2 N–H and O–H groups in total. The van der Waals surface area contributed by atoms with Gasteiger partial charge in [0.2, 0.25) is 10.0 Å². The Morgan fingerprint density at radius 2 is 1.46 bits per heavy atom. The van der Waals surface area contributed by atoms with Crippen LogP contribution in [0.4, 0.5) is 5.69 Å². The van der Waals surface area contributed by atoms with E-state index in [9.17, 15) is 13.2 Å². The van der Waals surface area contributed by atoms with Crippen molar-refractivity contribution >= 4 is 21.6 Å². The fraction of sp³-hybridized carbons (Fsp3) is 0.0952. The molecule has 1 amide bonds. The summed E-state index contributed by atoms with van der Waals surface area (Å²) in [5.74, 6) is 1.06. The minimum atomic E-state index is -3.50. The zero-order valence-corrected chi connectivity index (χ0v) is 16.3. The van der Waals surface area contributed by atoms with E-state index in [1.165, 1.54) is 7.05 Å². The van der Waals surface area contributed by atoms with Gasteiger partial charge in [-0.1, -0.05) is 36.4 Å². The van der Waals surface area contributed by atoms with E-state index < -0.39 is 10.0 Å². The molecule has 3 aromatic rings. The summed E-state index contributed by atoms with van der Waals surface area (Å²) in [4.78, 5) is 12.2.